The molecule has 0 saturated heterocycles. The van der Waals surface area contributed by atoms with Crippen molar-refractivity contribution in [2.45, 2.75) is 12.1 Å². The SMILES string of the molecule is Cc1cc(I)ccc1NC(=O)CSc1nnc(-c2ccc(Cl)cc2Cl)n1N. The molecular formula is C17H14Cl2IN5OS. The van der Waals surface area contributed by atoms with Crippen LogP contribution in [0.5, 0.6) is 0 Å². The number of carbonyl (C=O) groups excluding carboxylic acids is 1. The fourth-order valence-corrected chi connectivity index (χ4v) is 4.11. The Balaban J connectivity index is 1.68. The van der Waals surface area contributed by atoms with Gasteiger partial charge < -0.3 is 11.2 Å². The lowest BCUT2D eigenvalue weighted by Gasteiger charge is -2.09. The van der Waals surface area contributed by atoms with E-state index in [9.17, 15) is 4.79 Å². The summed E-state index contributed by atoms with van der Waals surface area (Å²) in [6, 6.07) is 10.8. The molecule has 1 amide bonds. The molecule has 1 aromatic heterocycles. The first-order valence-corrected chi connectivity index (χ1v) is 10.5. The van der Waals surface area contributed by atoms with Crippen LogP contribution >= 0.6 is 57.6 Å². The van der Waals surface area contributed by atoms with Crippen LogP contribution in [0.2, 0.25) is 10.0 Å². The summed E-state index contributed by atoms with van der Waals surface area (Å²) in [6.45, 7) is 1.95. The van der Waals surface area contributed by atoms with E-state index in [4.69, 9.17) is 29.0 Å². The third kappa shape index (κ3) is 4.87. The first-order valence-electron chi connectivity index (χ1n) is 7.70. The van der Waals surface area contributed by atoms with Crippen LogP contribution in [0.4, 0.5) is 5.69 Å². The quantitative estimate of drug-likeness (QED) is 0.284. The average molecular weight is 534 g/mol. The van der Waals surface area contributed by atoms with Crippen LogP contribution in [-0.4, -0.2) is 26.5 Å². The molecule has 3 aromatic rings. The molecule has 0 spiro atoms. The van der Waals surface area contributed by atoms with E-state index in [1.165, 1.54) is 16.4 Å². The minimum atomic E-state index is -0.154. The van der Waals surface area contributed by atoms with E-state index in [1.54, 1.807) is 18.2 Å². The summed E-state index contributed by atoms with van der Waals surface area (Å²) in [5.74, 6) is 6.46. The fraction of sp³-hybridized carbons (Fsp3) is 0.118. The number of amides is 1. The Morgan fingerprint density at radius 3 is 2.74 bits per heavy atom. The molecule has 0 aliphatic rings. The van der Waals surface area contributed by atoms with Gasteiger partial charge in [0, 0.05) is 19.8 Å². The number of nitrogens with two attached hydrogens (primary N) is 1. The number of rotatable bonds is 5. The van der Waals surface area contributed by atoms with E-state index in [2.05, 4.69) is 38.1 Å². The molecule has 0 aliphatic carbocycles. The van der Waals surface area contributed by atoms with Gasteiger partial charge in [-0.25, -0.2) is 4.68 Å². The molecule has 6 nitrogen and oxygen atoms in total. The summed E-state index contributed by atoms with van der Waals surface area (Å²) in [5, 5.41) is 12.3. The van der Waals surface area contributed by atoms with Gasteiger partial charge in [0.25, 0.3) is 0 Å². The molecule has 0 bridgehead atoms. The van der Waals surface area contributed by atoms with Crippen molar-refractivity contribution in [2.75, 3.05) is 16.9 Å². The summed E-state index contributed by atoms with van der Waals surface area (Å²) >= 11 is 15.5. The van der Waals surface area contributed by atoms with Crippen molar-refractivity contribution >= 4 is 69.1 Å². The number of aromatic nitrogens is 3. The number of hydrogen-bond acceptors (Lipinski definition) is 5. The topological polar surface area (TPSA) is 85.8 Å². The van der Waals surface area contributed by atoms with Gasteiger partial charge in [-0.2, -0.15) is 0 Å². The smallest absolute Gasteiger partial charge is 0.234 e. The summed E-state index contributed by atoms with van der Waals surface area (Å²) in [4.78, 5) is 12.2. The van der Waals surface area contributed by atoms with E-state index < -0.39 is 0 Å². The third-order valence-electron chi connectivity index (χ3n) is 3.63. The molecule has 1 heterocycles. The lowest BCUT2D eigenvalue weighted by Crippen LogP contribution is -2.17. The predicted octanol–water partition coefficient (Wildman–Crippen LogP) is 4.61. The highest BCUT2D eigenvalue weighted by Gasteiger charge is 2.16. The summed E-state index contributed by atoms with van der Waals surface area (Å²) in [7, 11) is 0. The number of hydrogen-bond donors (Lipinski definition) is 2. The van der Waals surface area contributed by atoms with Crippen molar-refractivity contribution in [3.8, 4) is 11.4 Å². The highest BCUT2D eigenvalue weighted by atomic mass is 127. The molecule has 10 heteroatoms. The van der Waals surface area contributed by atoms with Gasteiger partial charge in [0.15, 0.2) is 5.82 Å². The summed E-state index contributed by atoms with van der Waals surface area (Å²) < 4.78 is 2.42. The Labute approximate surface area is 183 Å². The molecule has 0 radical (unpaired) electrons. The number of halogens is 3. The van der Waals surface area contributed by atoms with E-state index in [1.807, 2.05) is 25.1 Å². The summed E-state index contributed by atoms with van der Waals surface area (Å²) in [6.07, 6.45) is 0. The van der Waals surface area contributed by atoms with Crippen LogP contribution in [-0.2, 0) is 4.79 Å². The molecule has 0 atom stereocenters. The Hall–Kier alpha value is -1.49. The molecule has 140 valence electrons. The van der Waals surface area contributed by atoms with Gasteiger partial charge in [-0.05, 0) is 71.5 Å². The van der Waals surface area contributed by atoms with Crippen LogP contribution in [0, 0.1) is 10.5 Å². The van der Waals surface area contributed by atoms with Gasteiger partial charge in [0.1, 0.15) is 0 Å². The number of nitrogens with zero attached hydrogens (tertiary/aromatic N) is 3. The van der Waals surface area contributed by atoms with E-state index in [0.29, 0.717) is 26.6 Å². The number of aryl methyl sites for hydroxylation is 1. The highest BCUT2D eigenvalue weighted by Crippen LogP contribution is 2.30. The zero-order valence-electron chi connectivity index (χ0n) is 14.0. The molecule has 0 saturated carbocycles. The Kier molecular flexibility index (Phi) is 6.51. The van der Waals surface area contributed by atoms with Crippen molar-refractivity contribution in [1.29, 1.82) is 0 Å². The number of carbonyl (C=O) groups is 1. The normalized spacial score (nSPS) is 10.8. The van der Waals surface area contributed by atoms with Crippen molar-refractivity contribution in [1.82, 2.24) is 14.9 Å². The van der Waals surface area contributed by atoms with E-state index >= 15 is 0 Å². The molecule has 3 rings (SSSR count). The maximum absolute atomic E-state index is 12.2. The molecule has 27 heavy (non-hydrogen) atoms. The van der Waals surface area contributed by atoms with Crippen molar-refractivity contribution in [2.24, 2.45) is 0 Å². The van der Waals surface area contributed by atoms with Gasteiger partial charge in [0.2, 0.25) is 11.1 Å². The lowest BCUT2D eigenvalue weighted by molar-refractivity contribution is -0.113. The third-order valence-corrected chi connectivity index (χ3v) is 5.79. The van der Waals surface area contributed by atoms with Crippen LogP contribution in [0.25, 0.3) is 11.4 Å². The van der Waals surface area contributed by atoms with Gasteiger partial charge in [-0.1, -0.05) is 35.0 Å². The maximum atomic E-state index is 12.2. The van der Waals surface area contributed by atoms with Crippen LogP contribution in [0.1, 0.15) is 5.56 Å². The molecule has 0 unspecified atom stereocenters. The molecule has 0 fully saturated rings. The second-order valence-corrected chi connectivity index (χ2v) is 8.63. The lowest BCUT2D eigenvalue weighted by atomic mass is 10.2. The van der Waals surface area contributed by atoms with E-state index in [-0.39, 0.29) is 11.7 Å². The molecule has 0 aliphatic heterocycles. The largest absolute Gasteiger partial charge is 0.335 e. The number of nitrogens with one attached hydrogen (secondary N) is 1. The molecule has 2 aromatic carbocycles. The minimum Gasteiger partial charge on any atom is -0.335 e. The van der Waals surface area contributed by atoms with Crippen molar-refractivity contribution < 1.29 is 4.79 Å². The van der Waals surface area contributed by atoms with Gasteiger partial charge in [-0.3, -0.25) is 4.79 Å². The second-order valence-electron chi connectivity index (χ2n) is 5.60. The van der Waals surface area contributed by atoms with Crippen LogP contribution < -0.4 is 11.2 Å². The highest BCUT2D eigenvalue weighted by molar-refractivity contribution is 14.1. The monoisotopic (exact) mass is 533 g/mol. The average Bonchev–Trinajstić information content (AvgIpc) is 2.96. The zero-order chi connectivity index (χ0) is 19.6. The number of nitrogen functional groups attached to an aromatic ring is 1. The second kappa shape index (κ2) is 8.68. The van der Waals surface area contributed by atoms with Crippen molar-refractivity contribution in [3.63, 3.8) is 0 Å². The number of benzene rings is 2. The first kappa shape index (κ1) is 20.2. The van der Waals surface area contributed by atoms with E-state index in [0.717, 1.165) is 14.8 Å². The van der Waals surface area contributed by atoms with Gasteiger partial charge in [0.05, 0.1) is 10.8 Å². The Morgan fingerprint density at radius 1 is 1.26 bits per heavy atom. The van der Waals surface area contributed by atoms with Gasteiger partial charge >= 0.3 is 0 Å². The Bertz CT molecular complexity index is 1010. The molecule has 3 N–H and O–H groups in total. The van der Waals surface area contributed by atoms with Gasteiger partial charge in [-0.15, -0.1) is 10.2 Å². The Morgan fingerprint density at radius 2 is 2.04 bits per heavy atom. The maximum Gasteiger partial charge on any atom is 0.234 e. The molecular weight excluding hydrogens is 520 g/mol. The van der Waals surface area contributed by atoms with Crippen LogP contribution in [0.15, 0.2) is 41.6 Å². The summed E-state index contributed by atoms with van der Waals surface area (Å²) in [5.41, 5.74) is 2.40. The standard InChI is InChI=1S/C17H14Cl2IN5OS/c1-9-6-11(20)3-5-14(9)22-15(26)8-27-17-24-23-16(25(17)21)12-4-2-10(18)7-13(12)19/h2-7H,8,21H2,1H3,(H,22,26). The predicted molar refractivity (Wildman–Crippen MR) is 119 cm³/mol. The zero-order valence-corrected chi connectivity index (χ0v) is 18.5. The number of anilines is 1. The first-order chi connectivity index (χ1) is 12.8. The van der Waals surface area contributed by atoms with Crippen molar-refractivity contribution in [3.05, 3.63) is 55.6 Å². The van der Waals surface area contributed by atoms with Crippen LogP contribution in [0.3, 0.4) is 0 Å². The fourth-order valence-electron chi connectivity index (χ4n) is 2.31. The number of thioether (sulfide) groups is 1. The minimum absolute atomic E-state index is 0.148.